The molecule has 0 radical (unpaired) electrons. The van der Waals surface area contributed by atoms with Gasteiger partial charge in [0.2, 0.25) is 0 Å². The monoisotopic (exact) mass is 155 g/mol. The van der Waals surface area contributed by atoms with Crippen molar-refractivity contribution in [1.82, 2.24) is 5.32 Å². The summed E-state index contributed by atoms with van der Waals surface area (Å²) in [6.45, 7) is 4.19. The first-order valence-corrected chi connectivity index (χ1v) is 4.71. The van der Waals surface area contributed by atoms with Gasteiger partial charge in [0, 0.05) is 12.6 Å². The SMILES string of the molecule is CC1NCCOC12CCCC2. The average molecular weight is 155 g/mol. The fraction of sp³-hybridized carbons (Fsp3) is 1.00. The molecule has 64 valence electrons. The molecule has 1 aliphatic carbocycles. The second-order valence-electron chi connectivity index (χ2n) is 3.80. The van der Waals surface area contributed by atoms with Crippen LogP contribution < -0.4 is 5.32 Å². The molecule has 2 fully saturated rings. The van der Waals surface area contributed by atoms with Crippen LogP contribution in [0.3, 0.4) is 0 Å². The molecule has 11 heavy (non-hydrogen) atoms. The van der Waals surface area contributed by atoms with Gasteiger partial charge >= 0.3 is 0 Å². The Morgan fingerprint density at radius 1 is 1.36 bits per heavy atom. The Morgan fingerprint density at radius 2 is 2.09 bits per heavy atom. The molecule has 2 rings (SSSR count). The van der Waals surface area contributed by atoms with Gasteiger partial charge in [-0.2, -0.15) is 0 Å². The van der Waals surface area contributed by atoms with E-state index >= 15 is 0 Å². The van der Waals surface area contributed by atoms with Crippen molar-refractivity contribution >= 4 is 0 Å². The van der Waals surface area contributed by atoms with Crippen molar-refractivity contribution in [2.24, 2.45) is 0 Å². The van der Waals surface area contributed by atoms with Crippen LogP contribution >= 0.6 is 0 Å². The lowest BCUT2D eigenvalue weighted by atomic mass is 9.92. The Hall–Kier alpha value is -0.0800. The van der Waals surface area contributed by atoms with Gasteiger partial charge in [-0.3, -0.25) is 0 Å². The smallest absolute Gasteiger partial charge is 0.0832 e. The van der Waals surface area contributed by atoms with E-state index in [1.165, 1.54) is 25.7 Å². The minimum atomic E-state index is 0.220. The lowest BCUT2D eigenvalue weighted by Crippen LogP contribution is -2.54. The fourth-order valence-corrected chi connectivity index (χ4v) is 2.39. The van der Waals surface area contributed by atoms with Crippen molar-refractivity contribution in [2.45, 2.75) is 44.2 Å². The van der Waals surface area contributed by atoms with Gasteiger partial charge in [0.05, 0.1) is 12.2 Å². The molecule has 0 aromatic carbocycles. The molecule has 1 spiro atoms. The third-order valence-electron chi connectivity index (χ3n) is 3.18. The maximum Gasteiger partial charge on any atom is 0.0832 e. The van der Waals surface area contributed by atoms with Gasteiger partial charge in [-0.25, -0.2) is 0 Å². The van der Waals surface area contributed by atoms with E-state index in [0.29, 0.717) is 6.04 Å². The molecule has 0 aromatic heterocycles. The van der Waals surface area contributed by atoms with Crippen LogP contribution in [0, 0.1) is 0 Å². The molecule has 2 heteroatoms. The van der Waals surface area contributed by atoms with Crippen LogP contribution in [0.2, 0.25) is 0 Å². The minimum Gasteiger partial charge on any atom is -0.372 e. The molecule has 0 amide bonds. The van der Waals surface area contributed by atoms with Gasteiger partial charge in [0.25, 0.3) is 0 Å². The molecule has 1 saturated carbocycles. The predicted octanol–water partition coefficient (Wildman–Crippen LogP) is 1.31. The molecule has 2 nitrogen and oxygen atoms in total. The number of hydrogen-bond acceptors (Lipinski definition) is 2. The summed E-state index contributed by atoms with van der Waals surface area (Å²) in [5, 5.41) is 3.49. The number of rotatable bonds is 0. The average Bonchev–Trinajstić information content (AvgIpc) is 2.46. The third kappa shape index (κ3) is 1.18. The summed E-state index contributed by atoms with van der Waals surface area (Å²) in [5.74, 6) is 0. The van der Waals surface area contributed by atoms with E-state index in [1.807, 2.05) is 0 Å². The molecular weight excluding hydrogens is 138 g/mol. The lowest BCUT2D eigenvalue weighted by Gasteiger charge is -2.40. The van der Waals surface area contributed by atoms with Gasteiger partial charge in [-0.15, -0.1) is 0 Å². The molecule has 1 heterocycles. The molecule has 2 aliphatic rings. The highest BCUT2D eigenvalue weighted by Gasteiger charge is 2.41. The van der Waals surface area contributed by atoms with Crippen LogP contribution in [0.5, 0.6) is 0 Å². The maximum atomic E-state index is 5.88. The molecule has 1 N–H and O–H groups in total. The van der Waals surface area contributed by atoms with Crippen LogP contribution in [0.4, 0.5) is 0 Å². The fourth-order valence-electron chi connectivity index (χ4n) is 2.39. The predicted molar refractivity (Wildman–Crippen MR) is 44.6 cm³/mol. The van der Waals surface area contributed by atoms with Crippen molar-refractivity contribution < 1.29 is 4.74 Å². The number of hydrogen-bond donors (Lipinski definition) is 1. The zero-order valence-electron chi connectivity index (χ0n) is 7.23. The van der Waals surface area contributed by atoms with Gasteiger partial charge < -0.3 is 10.1 Å². The summed E-state index contributed by atoms with van der Waals surface area (Å²) < 4.78 is 5.88. The zero-order valence-corrected chi connectivity index (χ0v) is 7.23. The highest BCUT2D eigenvalue weighted by atomic mass is 16.5. The van der Waals surface area contributed by atoms with E-state index in [2.05, 4.69) is 12.2 Å². The molecule has 0 bridgehead atoms. The third-order valence-corrected chi connectivity index (χ3v) is 3.18. The molecule has 1 atom stereocenters. The number of nitrogens with one attached hydrogen (secondary N) is 1. The maximum absolute atomic E-state index is 5.88. The van der Waals surface area contributed by atoms with E-state index in [4.69, 9.17) is 4.74 Å². The van der Waals surface area contributed by atoms with Crippen LogP contribution in [0.25, 0.3) is 0 Å². The van der Waals surface area contributed by atoms with E-state index < -0.39 is 0 Å². The Kier molecular flexibility index (Phi) is 1.90. The van der Waals surface area contributed by atoms with E-state index in [0.717, 1.165) is 13.2 Å². The van der Waals surface area contributed by atoms with E-state index in [1.54, 1.807) is 0 Å². The first-order chi connectivity index (χ1) is 5.33. The Bertz CT molecular complexity index is 140. The van der Waals surface area contributed by atoms with Crippen molar-refractivity contribution in [2.75, 3.05) is 13.2 Å². The summed E-state index contributed by atoms with van der Waals surface area (Å²) in [7, 11) is 0. The summed E-state index contributed by atoms with van der Waals surface area (Å²) >= 11 is 0. The highest BCUT2D eigenvalue weighted by Crippen LogP contribution is 2.37. The molecule has 1 aliphatic heterocycles. The van der Waals surface area contributed by atoms with Crippen molar-refractivity contribution in [3.8, 4) is 0 Å². The van der Waals surface area contributed by atoms with Crippen molar-refractivity contribution in [1.29, 1.82) is 0 Å². The lowest BCUT2D eigenvalue weighted by molar-refractivity contribution is -0.0873. The van der Waals surface area contributed by atoms with E-state index in [-0.39, 0.29) is 5.60 Å². The summed E-state index contributed by atoms with van der Waals surface area (Å²) in [6, 6.07) is 0.568. The van der Waals surface area contributed by atoms with Crippen molar-refractivity contribution in [3.05, 3.63) is 0 Å². The quantitative estimate of drug-likeness (QED) is 0.569. The number of ether oxygens (including phenoxy) is 1. The normalized spacial score (nSPS) is 36.3. The van der Waals surface area contributed by atoms with Gasteiger partial charge in [0.15, 0.2) is 0 Å². The second kappa shape index (κ2) is 2.76. The van der Waals surface area contributed by atoms with Crippen LogP contribution in [-0.4, -0.2) is 24.8 Å². The first kappa shape index (κ1) is 7.56. The Balaban J connectivity index is 2.07. The molecule has 0 aromatic rings. The standard InChI is InChI=1S/C9H17NO/c1-8-9(4-2-3-5-9)11-7-6-10-8/h8,10H,2-7H2,1H3. The van der Waals surface area contributed by atoms with Gasteiger partial charge in [0.1, 0.15) is 0 Å². The van der Waals surface area contributed by atoms with Crippen molar-refractivity contribution in [3.63, 3.8) is 0 Å². The number of morpholine rings is 1. The summed E-state index contributed by atoms with van der Waals surface area (Å²) in [5.41, 5.74) is 0.220. The van der Waals surface area contributed by atoms with Gasteiger partial charge in [-0.05, 0) is 19.8 Å². The topological polar surface area (TPSA) is 21.3 Å². The molecule has 1 unspecified atom stereocenters. The highest BCUT2D eigenvalue weighted by molar-refractivity contribution is 4.96. The second-order valence-corrected chi connectivity index (χ2v) is 3.80. The first-order valence-electron chi connectivity index (χ1n) is 4.71. The molecular formula is C9H17NO. The van der Waals surface area contributed by atoms with Crippen LogP contribution in [0.1, 0.15) is 32.6 Å². The van der Waals surface area contributed by atoms with E-state index in [9.17, 15) is 0 Å². The van der Waals surface area contributed by atoms with Gasteiger partial charge in [-0.1, -0.05) is 12.8 Å². The van der Waals surface area contributed by atoms with Crippen LogP contribution in [-0.2, 0) is 4.74 Å². The zero-order chi connectivity index (χ0) is 7.73. The minimum absolute atomic E-state index is 0.220. The molecule has 1 saturated heterocycles. The largest absolute Gasteiger partial charge is 0.372 e. The summed E-state index contributed by atoms with van der Waals surface area (Å²) in [4.78, 5) is 0. The Labute approximate surface area is 68.3 Å². The van der Waals surface area contributed by atoms with Crippen LogP contribution in [0.15, 0.2) is 0 Å². The summed E-state index contributed by atoms with van der Waals surface area (Å²) in [6.07, 6.45) is 5.24. The Morgan fingerprint density at radius 3 is 2.73 bits per heavy atom.